The lowest BCUT2D eigenvalue weighted by atomic mass is 9.87. The Labute approximate surface area is 118 Å². The van der Waals surface area contributed by atoms with Gasteiger partial charge in [-0.15, -0.1) is 0 Å². The highest BCUT2D eigenvalue weighted by molar-refractivity contribution is 5.49. The van der Waals surface area contributed by atoms with Gasteiger partial charge in [0.05, 0.1) is 5.56 Å². The molecule has 1 fully saturated rings. The highest BCUT2D eigenvalue weighted by Gasteiger charge is 2.32. The monoisotopic (exact) mass is 285 g/mol. The summed E-state index contributed by atoms with van der Waals surface area (Å²) in [7, 11) is 0. The molecule has 0 atom stereocenters. The second kappa shape index (κ2) is 6.51. The van der Waals surface area contributed by atoms with E-state index in [0.717, 1.165) is 18.9 Å². The number of rotatable bonds is 4. The van der Waals surface area contributed by atoms with E-state index in [1.807, 2.05) is 0 Å². The second-order valence-corrected chi connectivity index (χ2v) is 5.75. The van der Waals surface area contributed by atoms with Gasteiger partial charge >= 0.3 is 6.18 Å². The summed E-state index contributed by atoms with van der Waals surface area (Å²) in [4.78, 5) is 0. The second-order valence-electron chi connectivity index (χ2n) is 5.75. The SMILES string of the molecule is Cc1ccc(NCCC2CCCCC2)cc1C(F)(F)F. The molecule has 1 saturated carbocycles. The van der Waals surface area contributed by atoms with Crippen molar-refractivity contribution in [1.82, 2.24) is 0 Å². The molecular weight excluding hydrogens is 263 g/mol. The molecule has 1 aliphatic rings. The van der Waals surface area contributed by atoms with E-state index in [0.29, 0.717) is 5.69 Å². The Kier molecular flexibility index (Phi) is 4.95. The van der Waals surface area contributed by atoms with Crippen molar-refractivity contribution in [1.29, 1.82) is 0 Å². The van der Waals surface area contributed by atoms with Gasteiger partial charge in [-0.1, -0.05) is 38.2 Å². The van der Waals surface area contributed by atoms with E-state index in [-0.39, 0.29) is 5.56 Å². The molecule has 0 bridgehead atoms. The molecule has 1 nitrogen and oxygen atoms in total. The molecule has 0 radical (unpaired) electrons. The number of alkyl halides is 3. The van der Waals surface area contributed by atoms with E-state index < -0.39 is 11.7 Å². The van der Waals surface area contributed by atoms with Crippen LogP contribution in [0, 0.1) is 12.8 Å². The Bertz CT molecular complexity index is 434. The van der Waals surface area contributed by atoms with E-state index >= 15 is 0 Å². The molecule has 0 heterocycles. The lowest BCUT2D eigenvalue weighted by Gasteiger charge is -2.22. The van der Waals surface area contributed by atoms with Crippen molar-refractivity contribution in [2.75, 3.05) is 11.9 Å². The third-order valence-electron chi connectivity index (χ3n) is 4.15. The van der Waals surface area contributed by atoms with Crippen LogP contribution in [0.15, 0.2) is 18.2 Å². The highest BCUT2D eigenvalue weighted by atomic mass is 19.4. The highest BCUT2D eigenvalue weighted by Crippen LogP contribution is 2.33. The summed E-state index contributed by atoms with van der Waals surface area (Å²) in [6, 6.07) is 4.48. The predicted molar refractivity (Wildman–Crippen MR) is 75.9 cm³/mol. The number of halogens is 3. The number of benzene rings is 1. The molecular formula is C16H22F3N. The molecule has 0 aliphatic heterocycles. The fourth-order valence-corrected chi connectivity index (χ4v) is 2.93. The zero-order valence-corrected chi connectivity index (χ0v) is 11.9. The number of hydrogen-bond donors (Lipinski definition) is 1. The van der Waals surface area contributed by atoms with Gasteiger partial charge in [0.2, 0.25) is 0 Å². The van der Waals surface area contributed by atoms with Crippen LogP contribution in [0.5, 0.6) is 0 Å². The Morgan fingerprint density at radius 3 is 2.50 bits per heavy atom. The summed E-state index contributed by atoms with van der Waals surface area (Å²) in [6.07, 6.45) is 3.24. The fraction of sp³-hybridized carbons (Fsp3) is 0.625. The molecule has 1 aromatic carbocycles. The first-order valence-corrected chi connectivity index (χ1v) is 7.38. The van der Waals surface area contributed by atoms with Crippen LogP contribution >= 0.6 is 0 Å². The minimum atomic E-state index is -4.27. The third-order valence-corrected chi connectivity index (χ3v) is 4.15. The van der Waals surface area contributed by atoms with E-state index in [4.69, 9.17) is 0 Å². The van der Waals surface area contributed by atoms with Crippen LogP contribution in [0.25, 0.3) is 0 Å². The van der Waals surface area contributed by atoms with Gasteiger partial charge in [-0.3, -0.25) is 0 Å². The Morgan fingerprint density at radius 1 is 1.15 bits per heavy atom. The van der Waals surface area contributed by atoms with Crippen LogP contribution in [0.3, 0.4) is 0 Å². The van der Waals surface area contributed by atoms with Crippen LogP contribution in [0.2, 0.25) is 0 Å². The molecule has 112 valence electrons. The van der Waals surface area contributed by atoms with Crippen LogP contribution in [-0.2, 0) is 6.18 Å². The number of nitrogens with one attached hydrogen (secondary N) is 1. The van der Waals surface area contributed by atoms with E-state index in [1.54, 1.807) is 6.07 Å². The summed E-state index contributed by atoms with van der Waals surface area (Å²) < 4.78 is 38.4. The van der Waals surface area contributed by atoms with Gasteiger partial charge in [-0.05, 0) is 37.0 Å². The third kappa shape index (κ3) is 4.15. The van der Waals surface area contributed by atoms with Gasteiger partial charge in [0, 0.05) is 12.2 Å². The molecule has 0 amide bonds. The van der Waals surface area contributed by atoms with Gasteiger partial charge in [-0.25, -0.2) is 0 Å². The molecule has 0 saturated heterocycles. The maximum absolute atomic E-state index is 12.8. The molecule has 0 aromatic heterocycles. The van der Waals surface area contributed by atoms with Gasteiger partial charge in [0.15, 0.2) is 0 Å². The average Bonchev–Trinajstić information content (AvgIpc) is 2.40. The summed E-state index contributed by atoms with van der Waals surface area (Å²) in [5, 5.41) is 3.13. The fourth-order valence-electron chi connectivity index (χ4n) is 2.93. The maximum atomic E-state index is 12.8. The number of hydrogen-bond acceptors (Lipinski definition) is 1. The molecule has 20 heavy (non-hydrogen) atoms. The number of aryl methyl sites for hydroxylation is 1. The van der Waals surface area contributed by atoms with Crippen molar-refractivity contribution in [3.63, 3.8) is 0 Å². The van der Waals surface area contributed by atoms with Crippen LogP contribution < -0.4 is 5.32 Å². The minimum Gasteiger partial charge on any atom is -0.385 e. The topological polar surface area (TPSA) is 12.0 Å². The van der Waals surface area contributed by atoms with E-state index in [1.165, 1.54) is 51.2 Å². The summed E-state index contributed by atoms with van der Waals surface area (Å²) >= 11 is 0. The molecule has 1 aliphatic carbocycles. The summed E-state index contributed by atoms with van der Waals surface area (Å²) in [5.41, 5.74) is 0.300. The van der Waals surface area contributed by atoms with Crippen LogP contribution in [0.4, 0.5) is 18.9 Å². The molecule has 4 heteroatoms. The Balaban J connectivity index is 1.89. The van der Waals surface area contributed by atoms with Crippen molar-refractivity contribution in [2.45, 2.75) is 51.6 Å². The van der Waals surface area contributed by atoms with E-state index in [2.05, 4.69) is 5.32 Å². The van der Waals surface area contributed by atoms with Gasteiger partial charge in [0.25, 0.3) is 0 Å². The number of anilines is 1. The van der Waals surface area contributed by atoms with Gasteiger partial charge in [0.1, 0.15) is 0 Å². The zero-order chi connectivity index (χ0) is 14.6. The van der Waals surface area contributed by atoms with Crippen molar-refractivity contribution < 1.29 is 13.2 Å². The largest absolute Gasteiger partial charge is 0.416 e. The molecule has 1 N–H and O–H groups in total. The Hall–Kier alpha value is -1.19. The smallest absolute Gasteiger partial charge is 0.385 e. The molecule has 1 aromatic rings. The molecule has 0 spiro atoms. The predicted octanol–water partition coefficient (Wildman–Crippen LogP) is 5.40. The first-order chi connectivity index (χ1) is 9.47. The lowest BCUT2D eigenvalue weighted by molar-refractivity contribution is -0.138. The quantitative estimate of drug-likeness (QED) is 0.781. The average molecular weight is 285 g/mol. The van der Waals surface area contributed by atoms with Crippen molar-refractivity contribution in [2.24, 2.45) is 5.92 Å². The summed E-state index contributed by atoms with van der Waals surface area (Å²) in [5.74, 6) is 0.740. The van der Waals surface area contributed by atoms with Gasteiger partial charge in [-0.2, -0.15) is 13.2 Å². The van der Waals surface area contributed by atoms with Crippen LogP contribution in [0.1, 0.15) is 49.7 Å². The minimum absolute atomic E-state index is 0.273. The standard InChI is InChI=1S/C16H22F3N/c1-12-7-8-14(11-15(12)16(17,18)19)20-10-9-13-5-3-2-4-6-13/h7-8,11,13,20H,2-6,9-10H2,1H3. The first-order valence-electron chi connectivity index (χ1n) is 7.38. The Morgan fingerprint density at radius 2 is 1.85 bits per heavy atom. The van der Waals surface area contributed by atoms with Crippen molar-refractivity contribution in [3.8, 4) is 0 Å². The molecule has 0 unspecified atom stereocenters. The van der Waals surface area contributed by atoms with Gasteiger partial charge < -0.3 is 5.32 Å². The van der Waals surface area contributed by atoms with Crippen molar-refractivity contribution in [3.05, 3.63) is 29.3 Å². The van der Waals surface area contributed by atoms with Crippen LogP contribution in [-0.4, -0.2) is 6.54 Å². The van der Waals surface area contributed by atoms with E-state index in [9.17, 15) is 13.2 Å². The summed E-state index contributed by atoms with van der Waals surface area (Å²) in [6.45, 7) is 2.25. The first kappa shape index (κ1) is 15.2. The maximum Gasteiger partial charge on any atom is 0.416 e. The molecule has 2 rings (SSSR count). The lowest BCUT2D eigenvalue weighted by Crippen LogP contribution is -2.13. The van der Waals surface area contributed by atoms with Crippen molar-refractivity contribution >= 4 is 5.69 Å². The normalized spacial score (nSPS) is 17.2. The zero-order valence-electron chi connectivity index (χ0n) is 11.9.